The molecular weight excluding hydrogens is 444 g/mol. The van der Waals surface area contributed by atoms with Crippen LogP contribution in [-0.2, 0) is 5.41 Å². The van der Waals surface area contributed by atoms with Gasteiger partial charge in [-0.25, -0.2) is 0 Å². The van der Waals surface area contributed by atoms with E-state index < -0.39 is 0 Å². The molecule has 1 aliphatic rings. The van der Waals surface area contributed by atoms with Crippen molar-refractivity contribution in [2.75, 3.05) is 0 Å². The summed E-state index contributed by atoms with van der Waals surface area (Å²) < 4.78 is 19.1. The van der Waals surface area contributed by atoms with Crippen LogP contribution in [0.4, 0.5) is 0 Å². The summed E-state index contributed by atoms with van der Waals surface area (Å²) >= 11 is 0. The average molecular weight is 467 g/mol. The van der Waals surface area contributed by atoms with Crippen LogP contribution in [0, 0.1) is 0 Å². The fourth-order valence-electron chi connectivity index (χ4n) is 5.82. The lowest BCUT2D eigenvalue weighted by atomic mass is 9.75. The van der Waals surface area contributed by atoms with Gasteiger partial charge in [0.25, 0.3) is 0 Å². The van der Waals surface area contributed by atoms with Gasteiger partial charge in [-0.2, -0.15) is 0 Å². The Kier molecular flexibility index (Phi) is 3.73. The summed E-state index contributed by atoms with van der Waals surface area (Å²) in [5, 5.41) is 4.46. The van der Waals surface area contributed by atoms with Crippen molar-refractivity contribution in [3.63, 3.8) is 0 Å². The highest BCUT2D eigenvalue weighted by Crippen LogP contribution is 2.52. The molecule has 0 bridgehead atoms. The Bertz CT molecular complexity index is 2000. The van der Waals surface area contributed by atoms with E-state index in [4.69, 9.17) is 13.6 Å². The summed E-state index contributed by atoms with van der Waals surface area (Å²) in [6.45, 7) is 4.50. The summed E-state index contributed by atoms with van der Waals surface area (Å²) in [6.07, 6.45) is 0. The van der Waals surface area contributed by atoms with E-state index in [0.717, 1.165) is 72.1 Å². The number of fused-ring (bicyclic) bond motifs is 9. The van der Waals surface area contributed by atoms with Crippen LogP contribution in [0.25, 0.3) is 55.0 Å². The molecule has 0 fully saturated rings. The van der Waals surface area contributed by atoms with E-state index in [0.29, 0.717) is 0 Å². The van der Waals surface area contributed by atoms with Crippen LogP contribution in [0.2, 0.25) is 0 Å². The zero-order chi connectivity index (χ0) is 24.0. The van der Waals surface area contributed by atoms with E-state index in [9.17, 15) is 0 Å². The predicted octanol–water partition coefficient (Wildman–Crippen LogP) is 9.58. The molecule has 0 aliphatic carbocycles. The summed E-state index contributed by atoms with van der Waals surface area (Å²) in [5.74, 6) is 1.67. The third-order valence-electron chi connectivity index (χ3n) is 7.75. The van der Waals surface area contributed by atoms with Crippen molar-refractivity contribution in [2.45, 2.75) is 19.3 Å². The average Bonchev–Trinajstić information content (AvgIpc) is 3.46. The zero-order valence-electron chi connectivity index (χ0n) is 20.0. The van der Waals surface area contributed by atoms with Gasteiger partial charge in [-0.05, 0) is 47.5 Å². The Hall–Kier alpha value is -4.50. The molecule has 172 valence electrons. The number of hydrogen-bond acceptors (Lipinski definition) is 3. The smallest absolute Gasteiger partial charge is 0.178 e. The molecule has 8 rings (SSSR count). The molecule has 0 unspecified atom stereocenters. The van der Waals surface area contributed by atoms with Gasteiger partial charge in [-0.3, -0.25) is 0 Å². The van der Waals surface area contributed by atoms with Gasteiger partial charge in [-0.1, -0.05) is 74.5 Å². The summed E-state index contributed by atoms with van der Waals surface area (Å²) in [7, 11) is 0. The highest BCUT2D eigenvalue weighted by atomic mass is 16.5. The van der Waals surface area contributed by atoms with E-state index in [1.165, 1.54) is 5.56 Å². The molecule has 0 spiro atoms. The number of rotatable bonds is 1. The molecule has 7 aromatic rings. The minimum atomic E-state index is -0.225. The summed E-state index contributed by atoms with van der Waals surface area (Å²) in [6, 6.07) is 33.6. The van der Waals surface area contributed by atoms with Crippen LogP contribution in [0.5, 0.6) is 11.5 Å². The van der Waals surface area contributed by atoms with Gasteiger partial charge in [0.05, 0.1) is 0 Å². The first-order chi connectivity index (χ1) is 17.6. The van der Waals surface area contributed by atoms with E-state index in [-0.39, 0.29) is 5.41 Å². The maximum Gasteiger partial charge on any atom is 0.178 e. The van der Waals surface area contributed by atoms with Crippen LogP contribution in [-0.4, -0.2) is 0 Å². The first kappa shape index (κ1) is 19.8. The number of benzene rings is 5. The molecule has 0 saturated heterocycles. The van der Waals surface area contributed by atoms with Crippen molar-refractivity contribution in [1.82, 2.24) is 0 Å². The Morgan fingerprint density at radius 3 is 1.97 bits per heavy atom. The van der Waals surface area contributed by atoms with Crippen LogP contribution in [0.3, 0.4) is 0 Å². The van der Waals surface area contributed by atoms with Gasteiger partial charge in [0.2, 0.25) is 0 Å². The Morgan fingerprint density at radius 1 is 0.528 bits per heavy atom. The predicted molar refractivity (Wildman–Crippen MR) is 145 cm³/mol. The zero-order valence-corrected chi connectivity index (χ0v) is 20.0. The van der Waals surface area contributed by atoms with Gasteiger partial charge in [-0.15, -0.1) is 0 Å². The lowest BCUT2D eigenvalue weighted by Gasteiger charge is -2.34. The largest absolute Gasteiger partial charge is 0.456 e. The fraction of sp³-hybridized carbons (Fsp3) is 0.0909. The maximum atomic E-state index is 6.64. The Labute approximate surface area is 207 Å². The van der Waals surface area contributed by atoms with Gasteiger partial charge < -0.3 is 13.6 Å². The molecule has 2 aromatic heterocycles. The molecule has 0 atom stereocenters. The minimum absolute atomic E-state index is 0.225. The van der Waals surface area contributed by atoms with Gasteiger partial charge >= 0.3 is 0 Å². The lowest BCUT2D eigenvalue weighted by molar-refractivity contribution is 0.415. The highest BCUT2D eigenvalue weighted by molar-refractivity contribution is 6.08. The van der Waals surface area contributed by atoms with Gasteiger partial charge in [0.1, 0.15) is 22.5 Å². The molecule has 3 heterocycles. The number of ether oxygens (including phenoxy) is 1. The van der Waals surface area contributed by atoms with Crippen molar-refractivity contribution in [1.29, 1.82) is 0 Å². The highest BCUT2D eigenvalue weighted by Gasteiger charge is 2.36. The second-order valence-electron chi connectivity index (χ2n) is 10.2. The molecule has 1 aliphatic heterocycles. The second-order valence-corrected chi connectivity index (χ2v) is 10.2. The van der Waals surface area contributed by atoms with Crippen molar-refractivity contribution >= 4 is 43.9 Å². The fourth-order valence-corrected chi connectivity index (χ4v) is 5.82. The second kappa shape index (κ2) is 6.79. The molecule has 0 saturated carbocycles. The van der Waals surface area contributed by atoms with Crippen LogP contribution in [0.1, 0.15) is 25.0 Å². The van der Waals surface area contributed by atoms with E-state index >= 15 is 0 Å². The minimum Gasteiger partial charge on any atom is -0.456 e. The van der Waals surface area contributed by atoms with Gasteiger partial charge in [0, 0.05) is 38.1 Å². The monoisotopic (exact) mass is 466 g/mol. The Balaban J connectivity index is 1.29. The van der Waals surface area contributed by atoms with E-state index in [2.05, 4.69) is 74.5 Å². The molecule has 3 heteroatoms. The molecule has 3 nitrogen and oxygen atoms in total. The lowest BCUT2D eigenvalue weighted by Crippen LogP contribution is -2.24. The van der Waals surface area contributed by atoms with E-state index in [1.54, 1.807) is 0 Å². The van der Waals surface area contributed by atoms with Crippen LogP contribution in [0.15, 0.2) is 106 Å². The third-order valence-corrected chi connectivity index (χ3v) is 7.75. The number of furan rings is 2. The number of hydrogen-bond donors (Lipinski definition) is 0. The molecular formula is C33H22O3. The van der Waals surface area contributed by atoms with Crippen molar-refractivity contribution in [3.8, 4) is 22.6 Å². The molecule has 0 amide bonds. The van der Waals surface area contributed by atoms with Crippen LogP contribution >= 0.6 is 0 Å². The van der Waals surface area contributed by atoms with E-state index in [1.807, 2.05) is 36.4 Å². The first-order valence-corrected chi connectivity index (χ1v) is 12.3. The molecule has 5 aromatic carbocycles. The molecule has 0 radical (unpaired) electrons. The van der Waals surface area contributed by atoms with Crippen molar-refractivity contribution in [3.05, 3.63) is 108 Å². The van der Waals surface area contributed by atoms with Gasteiger partial charge in [0.15, 0.2) is 11.3 Å². The maximum absolute atomic E-state index is 6.64. The van der Waals surface area contributed by atoms with Crippen molar-refractivity contribution < 1.29 is 13.6 Å². The SMILES string of the molecule is CC1(C)c2ccc(-c3ccc4c(c3)oc3ccccc34)cc2Oc2c1ccc1c2oc2ccccc21. The summed E-state index contributed by atoms with van der Waals surface area (Å²) in [5.41, 5.74) is 7.75. The molecule has 36 heavy (non-hydrogen) atoms. The topological polar surface area (TPSA) is 35.5 Å². The summed E-state index contributed by atoms with van der Waals surface area (Å²) in [4.78, 5) is 0. The van der Waals surface area contributed by atoms with Crippen molar-refractivity contribution in [2.24, 2.45) is 0 Å². The normalized spacial score (nSPS) is 14.3. The molecule has 0 N–H and O–H groups in total. The quantitative estimate of drug-likeness (QED) is 0.242. The third kappa shape index (κ3) is 2.57. The standard InChI is InChI=1S/C33H22O3/c1-33(2)25-15-12-20(19-11-13-23-21-7-3-5-9-27(21)34-29(23)17-19)18-30(25)36-32-26(33)16-14-24-22-8-4-6-10-28(22)35-31(24)32/h3-18H,1-2H3. The Morgan fingerprint density at radius 2 is 1.14 bits per heavy atom. The number of para-hydroxylation sites is 2. The first-order valence-electron chi connectivity index (χ1n) is 12.3. The van der Waals surface area contributed by atoms with Crippen LogP contribution < -0.4 is 4.74 Å².